The lowest BCUT2D eigenvalue weighted by Gasteiger charge is -2.09. The quantitative estimate of drug-likeness (QED) is 0.755. The van der Waals surface area contributed by atoms with Crippen LogP contribution in [0.3, 0.4) is 0 Å². The molecule has 0 amide bonds. The van der Waals surface area contributed by atoms with E-state index in [4.69, 9.17) is 0 Å². The summed E-state index contributed by atoms with van der Waals surface area (Å²) in [5, 5.41) is 8.89. The number of aromatic nitrogens is 3. The number of halogens is 3. The Hall–Kier alpha value is -1.70. The second-order valence-electron chi connectivity index (χ2n) is 5.09. The number of nitrogens with zero attached hydrogens (tertiary/aromatic N) is 3. The van der Waals surface area contributed by atoms with Crippen molar-refractivity contribution >= 4 is 11.8 Å². The van der Waals surface area contributed by atoms with Gasteiger partial charge in [0.1, 0.15) is 12.1 Å². The van der Waals surface area contributed by atoms with Gasteiger partial charge in [0.2, 0.25) is 0 Å². The number of hydrogen-bond acceptors (Lipinski definition) is 4. The Morgan fingerprint density at radius 1 is 1.23 bits per heavy atom. The van der Waals surface area contributed by atoms with Crippen LogP contribution in [0, 0.1) is 0 Å². The second kappa shape index (κ2) is 6.20. The summed E-state index contributed by atoms with van der Waals surface area (Å²) in [6.45, 7) is -1.27. The molecule has 1 aromatic heterocycles. The maximum Gasteiger partial charge on any atom is 0.422 e. The standard InChI is InChI=1S/C14H14F3N3OS/c15-14(16,17)8-21-12-5-1-10(2-6-12)7-22-13-19-18-9-20(13)11-3-4-11/h1-2,5-6,9,11H,3-4,7-8H2. The van der Waals surface area contributed by atoms with Crippen LogP contribution < -0.4 is 4.74 Å². The van der Waals surface area contributed by atoms with Crippen molar-refractivity contribution in [1.82, 2.24) is 14.8 Å². The van der Waals surface area contributed by atoms with Gasteiger partial charge in [-0.15, -0.1) is 10.2 Å². The first-order valence-electron chi connectivity index (χ1n) is 6.82. The van der Waals surface area contributed by atoms with Gasteiger partial charge in [-0.25, -0.2) is 0 Å². The minimum atomic E-state index is -4.32. The van der Waals surface area contributed by atoms with Gasteiger partial charge in [-0.3, -0.25) is 0 Å². The SMILES string of the molecule is FC(F)(F)COc1ccc(CSc2nncn2C2CC2)cc1. The van der Waals surface area contributed by atoms with Crippen LogP contribution in [0.4, 0.5) is 13.2 Å². The van der Waals surface area contributed by atoms with E-state index in [1.807, 2.05) is 0 Å². The lowest BCUT2D eigenvalue weighted by molar-refractivity contribution is -0.153. The molecule has 3 rings (SSSR count). The van der Waals surface area contributed by atoms with E-state index in [9.17, 15) is 13.2 Å². The first kappa shape index (κ1) is 15.2. The molecule has 0 N–H and O–H groups in total. The molecule has 2 aromatic rings. The minimum absolute atomic E-state index is 0.215. The van der Waals surface area contributed by atoms with E-state index in [-0.39, 0.29) is 5.75 Å². The predicted molar refractivity (Wildman–Crippen MR) is 75.8 cm³/mol. The fraction of sp³-hybridized carbons (Fsp3) is 0.429. The number of benzene rings is 1. The van der Waals surface area contributed by atoms with Crippen molar-refractivity contribution < 1.29 is 17.9 Å². The fourth-order valence-corrected chi connectivity index (χ4v) is 2.87. The topological polar surface area (TPSA) is 39.9 Å². The number of alkyl halides is 3. The monoisotopic (exact) mass is 329 g/mol. The summed E-state index contributed by atoms with van der Waals surface area (Å²) >= 11 is 1.57. The smallest absolute Gasteiger partial charge is 0.422 e. The van der Waals surface area contributed by atoms with Crippen LogP contribution in [0.1, 0.15) is 24.4 Å². The van der Waals surface area contributed by atoms with Gasteiger partial charge in [-0.1, -0.05) is 23.9 Å². The Balaban J connectivity index is 1.53. The van der Waals surface area contributed by atoms with Crippen LogP contribution in [-0.4, -0.2) is 27.5 Å². The molecule has 0 bridgehead atoms. The summed E-state index contributed by atoms with van der Waals surface area (Å²) in [6.07, 6.45) is -0.247. The van der Waals surface area contributed by atoms with Gasteiger partial charge in [0.05, 0.1) is 0 Å². The van der Waals surface area contributed by atoms with Gasteiger partial charge >= 0.3 is 6.18 Å². The summed E-state index contributed by atoms with van der Waals surface area (Å²) in [6, 6.07) is 7.14. The van der Waals surface area contributed by atoms with E-state index in [0.717, 1.165) is 23.6 Å². The van der Waals surface area contributed by atoms with E-state index < -0.39 is 12.8 Å². The fourth-order valence-electron chi connectivity index (χ4n) is 1.93. The third kappa shape index (κ3) is 4.16. The highest BCUT2D eigenvalue weighted by atomic mass is 32.2. The number of thioether (sulfide) groups is 1. The lowest BCUT2D eigenvalue weighted by Crippen LogP contribution is -2.19. The highest BCUT2D eigenvalue weighted by molar-refractivity contribution is 7.98. The summed E-state index contributed by atoms with van der Waals surface area (Å²) in [5.41, 5.74) is 0.995. The average molecular weight is 329 g/mol. The molecule has 1 aliphatic rings. The molecule has 0 atom stereocenters. The largest absolute Gasteiger partial charge is 0.484 e. The summed E-state index contributed by atoms with van der Waals surface area (Å²) in [7, 11) is 0. The van der Waals surface area contributed by atoms with Crippen molar-refractivity contribution in [2.24, 2.45) is 0 Å². The maximum atomic E-state index is 12.1. The highest BCUT2D eigenvalue weighted by Gasteiger charge is 2.28. The average Bonchev–Trinajstić information content (AvgIpc) is 3.22. The highest BCUT2D eigenvalue weighted by Crippen LogP contribution is 2.37. The van der Waals surface area contributed by atoms with Crippen molar-refractivity contribution in [2.75, 3.05) is 6.61 Å². The maximum absolute atomic E-state index is 12.1. The lowest BCUT2D eigenvalue weighted by atomic mass is 10.2. The number of hydrogen-bond donors (Lipinski definition) is 0. The molecule has 0 radical (unpaired) electrons. The molecule has 0 unspecified atom stereocenters. The molecule has 1 saturated carbocycles. The van der Waals surface area contributed by atoms with Gasteiger partial charge in [0.15, 0.2) is 11.8 Å². The third-order valence-electron chi connectivity index (χ3n) is 3.17. The van der Waals surface area contributed by atoms with Gasteiger partial charge in [-0.05, 0) is 30.5 Å². The number of rotatable bonds is 6. The van der Waals surface area contributed by atoms with E-state index >= 15 is 0 Å². The molecule has 0 saturated heterocycles. The zero-order valence-electron chi connectivity index (χ0n) is 11.6. The molecule has 118 valence electrons. The normalized spacial score (nSPS) is 15.0. The van der Waals surface area contributed by atoms with Crippen LogP contribution in [0.25, 0.3) is 0 Å². The molecule has 1 aromatic carbocycles. The Bertz CT molecular complexity index is 623. The Morgan fingerprint density at radius 3 is 2.59 bits per heavy atom. The summed E-state index contributed by atoms with van der Waals surface area (Å²) in [5.74, 6) is 0.901. The van der Waals surface area contributed by atoms with E-state index in [1.54, 1.807) is 42.4 Å². The van der Waals surface area contributed by atoms with Crippen LogP contribution >= 0.6 is 11.8 Å². The molecular formula is C14H14F3N3OS. The van der Waals surface area contributed by atoms with Crippen molar-refractivity contribution in [2.45, 2.75) is 36.0 Å². The summed E-state index contributed by atoms with van der Waals surface area (Å²) in [4.78, 5) is 0. The van der Waals surface area contributed by atoms with Crippen LogP contribution in [0.2, 0.25) is 0 Å². The first-order chi connectivity index (χ1) is 10.5. The zero-order valence-corrected chi connectivity index (χ0v) is 12.4. The molecule has 1 heterocycles. The van der Waals surface area contributed by atoms with E-state index in [0.29, 0.717) is 11.8 Å². The molecule has 1 fully saturated rings. The third-order valence-corrected chi connectivity index (χ3v) is 4.20. The van der Waals surface area contributed by atoms with Gasteiger partial charge in [0, 0.05) is 11.8 Å². The molecule has 8 heteroatoms. The molecule has 1 aliphatic carbocycles. The van der Waals surface area contributed by atoms with Gasteiger partial charge in [0.25, 0.3) is 0 Å². The van der Waals surface area contributed by atoms with Crippen molar-refractivity contribution in [1.29, 1.82) is 0 Å². The van der Waals surface area contributed by atoms with Crippen LogP contribution in [-0.2, 0) is 5.75 Å². The van der Waals surface area contributed by atoms with Crippen molar-refractivity contribution in [3.63, 3.8) is 0 Å². The molecular weight excluding hydrogens is 315 g/mol. The van der Waals surface area contributed by atoms with Crippen molar-refractivity contribution in [3.05, 3.63) is 36.2 Å². The first-order valence-corrected chi connectivity index (χ1v) is 7.80. The molecule has 0 aliphatic heterocycles. The van der Waals surface area contributed by atoms with Crippen LogP contribution in [0.5, 0.6) is 5.75 Å². The van der Waals surface area contributed by atoms with E-state index in [2.05, 4.69) is 19.5 Å². The minimum Gasteiger partial charge on any atom is -0.484 e. The molecule has 0 spiro atoms. The Kier molecular flexibility index (Phi) is 4.28. The zero-order chi connectivity index (χ0) is 15.6. The molecule has 22 heavy (non-hydrogen) atoms. The van der Waals surface area contributed by atoms with Crippen LogP contribution in [0.15, 0.2) is 35.7 Å². The predicted octanol–water partition coefficient (Wildman–Crippen LogP) is 3.85. The van der Waals surface area contributed by atoms with Gasteiger partial charge < -0.3 is 9.30 Å². The van der Waals surface area contributed by atoms with E-state index in [1.165, 1.54) is 0 Å². The Morgan fingerprint density at radius 2 is 1.95 bits per heavy atom. The Labute approximate surface area is 129 Å². The van der Waals surface area contributed by atoms with Gasteiger partial charge in [-0.2, -0.15) is 13.2 Å². The summed E-state index contributed by atoms with van der Waals surface area (Å²) < 4.78 is 42.9. The molecule has 4 nitrogen and oxygen atoms in total. The van der Waals surface area contributed by atoms with Crippen molar-refractivity contribution in [3.8, 4) is 5.75 Å². The number of ether oxygens (including phenoxy) is 1. The second-order valence-corrected chi connectivity index (χ2v) is 6.03.